The second-order valence-corrected chi connectivity index (χ2v) is 7.33. The number of nitrogens with two attached hydrogens (primary N) is 1. The molecule has 0 aliphatic carbocycles. The van der Waals surface area contributed by atoms with Crippen LogP contribution in [0.15, 0.2) is 77.9 Å². The molecule has 0 atom stereocenters. The van der Waals surface area contributed by atoms with Gasteiger partial charge in [-0.15, -0.1) is 0 Å². The van der Waals surface area contributed by atoms with Crippen LogP contribution in [0, 0.1) is 0 Å². The number of nitrogens with one attached hydrogen (secondary N) is 2. The number of carbonyl (C=O) groups is 4. The lowest BCUT2D eigenvalue weighted by molar-refractivity contribution is -0.136. The quantitative estimate of drug-likeness (QED) is 0.164. The third-order valence-electron chi connectivity index (χ3n) is 4.54. The molecular weight excluding hydrogens is 460 g/mol. The minimum atomic E-state index is -0.983. The number of hydrogen-bond donors (Lipinski definition) is 3. The van der Waals surface area contributed by atoms with E-state index in [1.807, 2.05) is 0 Å². The van der Waals surface area contributed by atoms with E-state index in [2.05, 4.69) is 15.8 Å². The summed E-state index contributed by atoms with van der Waals surface area (Å²) in [5, 5.41) is 6.58. The van der Waals surface area contributed by atoms with Gasteiger partial charge in [-0.3, -0.25) is 14.4 Å². The van der Waals surface area contributed by atoms with Gasteiger partial charge in [0.1, 0.15) is 5.75 Å². The van der Waals surface area contributed by atoms with Gasteiger partial charge in [-0.2, -0.15) is 5.10 Å². The predicted octanol–water partition coefficient (Wildman–Crippen LogP) is 3.14. The second kappa shape index (κ2) is 10.9. The first-order chi connectivity index (χ1) is 16.2. The number of ether oxygens (including phenoxy) is 1. The first-order valence-corrected chi connectivity index (χ1v) is 10.2. The molecule has 0 heterocycles. The molecule has 3 rings (SSSR count). The van der Waals surface area contributed by atoms with Crippen LogP contribution in [0.4, 0.5) is 5.69 Å². The van der Waals surface area contributed by atoms with Gasteiger partial charge in [0.2, 0.25) is 5.91 Å². The van der Waals surface area contributed by atoms with Crippen molar-refractivity contribution >= 4 is 46.7 Å². The van der Waals surface area contributed by atoms with Gasteiger partial charge in [-0.05, 0) is 73.2 Å². The zero-order chi connectivity index (χ0) is 24.7. The molecule has 10 heteroatoms. The fraction of sp³-hybridized carbons (Fsp3) is 0.0417. The number of esters is 1. The predicted molar refractivity (Wildman–Crippen MR) is 127 cm³/mol. The molecule has 0 saturated carbocycles. The third-order valence-corrected chi connectivity index (χ3v) is 4.86. The average molecular weight is 479 g/mol. The van der Waals surface area contributed by atoms with Gasteiger partial charge in [0.15, 0.2) is 0 Å². The number of halogens is 1. The number of anilines is 1. The molecular formula is C24H19ClN4O5. The Morgan fingerprint density at radius 3 is 2.09 bits per heavy atom. The highest BCUT2D eigenvalue weighted by atomic mass is 35.5. The molecule has 0 fully saturated rings. The Hall–Kier alpha value is -4.50. The lowest BCUT2D eigenvalue weighted by Crippen LogP contribution is -2.33. The molecule has 0 bridgehead atoms. The van der Waals surface area contributed by atoms with Crippen LogP contribution in [0.3, 0.4) is 0 Å². The van der Waals surface area contributed by atoms with Crippen LogP contribution in [0.5, 0.6) is 5.75 Å². The summed E-state index contributed by atoms with van der Waals surface area (Å²) >= 11 is 6.00. The monoisotopic (exact) mass is 478 g/mol. The Kier molecular flexibility index (Phi) is 7.73. The van der Waals surface area contributed by atoms with E-state index in [9.17, 15) is 19.2 Å². The lowest BCUT2D eigenvalue weighted by atomic mass is 10.1. The van der Waals surface area contributed by atoms with Crippen molar-refractivity contribution < 1.29 is 23.9 Å². The van der Waals surface area contributed by atoms with E-state index in [0.29, 0.717) is 22.7 Å². The van der Waals surface area contributed by atoms with Crippen molar-refractivity contribution in [3.63, 3.8) is 0 Å². The highest BCUT2D eigenvalue weighted by Gasteiger charge is 2.14. The van der Waals surface area contributed by atoms with E-state index in [1.165, 1.54) is 24.3 Å². The molecule has 0 aromatic heterocycles. The maximum atomic E-state index is 12.2. The van der Waals surface area contributed by atoms with Crippen LogP contribution in [0.1, 0.15) is 33.2 Å². The number of carbonyl (C=O) groups excluding carboxylic acids is 4. The summed E-state index contributed by atoms with van der Waals surface area (Å²) < 4.78 is 5.31. The van der Waals surface area contributed by atoms with Gasteiger partial charge >= 0.3 is 17.8 Å². The molecule has 0 unspecified atom stereocenters. The van der Waals surface area contributed by atoms with Crippen molar-refractivity contribution in [2.75, 3.05) is 5.32 Å². The summed E-state index contributed by atoms with van der Waals surface area (Å²) in [5.41, 5.74) is 9.19. The van der Waals surface area contributed by atoms with Crippen molar-refractivity contribution in [3.05, 3.63) is 94.5 Å². The van der Waals surface area contributed by atoms with Gasteiger partial charge < -0.3 is 15.8 Å². The first kappa shape index (κ1) is 24.1. The molecule has 3 aromatic carbocycles. The molecule has 0 saturated heterocycles. The molecule has 172 valence electrons. The highest BCUT2D eigenvalue weighted by molar-refractivity contribution is 6.39. The summed E-state index contributed by atoms with van der Waals surface area (Å²) in [6.45, 7) is 1.63. The van der Waals surface area contributed by atoms with Crippen LogP contribution in [-0.4, -0.2) is 29.4 Å². The Morgan fingerprint density at radius 1 is 0.853 bits per heavy atom. The van der Waals surface area contributed by atoms with Crippen molar-refractivity contribution in [1.82, 2.24) is 5.43 Å². The summed E-state index contributed by atoms with van der Waals surface area (Å²) in [4.78, 5) is 47.4. The number of rotatable bonds is 6. The number of hydrazone groups is 1. The molecule has 34 heavy (non-hydrogen) atoms. The number of hydrogen-bond acceptors (Lipinski definition) is 6. The van der Waals surface area contributed by atoms with E-state index in [1.54, 1.807) is 55.5 Å². The Morgan fingerprint density at radius 2 is 1.47 bits per heavy atom. The fourth-order valence-corrected chi connectivity index (χ4v) is 2.92. The minimum Gasteiger partial charge on any atom is -0.423 e. The van der Waals surface area contributed by atoms with Crippen molar-refractivity contribution in [3.8, 4) is 5.75 Å². The molecule has 0 aliphatic rings. The fourth-order valence-electron chi connectivity index (χ4n) is 2.71. The number of benzene rings is 3. The molecule has 9 nitrogen and oxygen atoms in total. The van der Waals surface area contributed by atoms with Crippen LogP contribution in [0.25, 0.3) is 0 Å². The van der Waals surface area contributed by atoms with Gasteiger partial charge in [0.25, 0.3) is 0 Å². The SMILES string of the molecule is C/C(=N\NC(=O)C(=O)Nc1ccc(C(N)=O)cc1)c1ccc(OC(=O)c2ccccc2Cl)cc1. The Balaban J connectivity index is 1.56. The van der Waals surface area contributed by atoms with E-state index < -0.39 is 23.7 Å². The molecule has 3 aromatic rings. The maximum absolute atomic E-state index is 12.2. The van der Waals surface area contributed by atoms with Crippen LogP contribution >= 0.6 is 11.6 Å². The maximum Gasteiger partial charge on any atom is 0.345 e. The minimum absolute atomic E-state index is 0.246. The zero-order valence-corrected chi connectivity index (χ0v) is 18.6. The second-order valence-electron chi connectivity index (χ2n) is 6.93. The molecule has 0 spiro atoms. The summed E-state index contributed by atoms with van der Waals surface area (Å²) in [6, 6.07) is 18.7. The summed E-state index contributed by atoms with van der Waals surface area (Å²) in [5.74, 6) is -2.82. The smallest absolute Gasteiger partial charge is 0.345 e. The van der Waals surface area contributed by atoms with E-state index >= 15 is 0 Å². The first-order valence-electron chi connectivity index (χ1n) is 9.87. The van der Waals surface area contributed by atoms with Crippen LogP contribution in [-0.2, 0) is 9.59 Å². The average Bonchev–Trinajstić information content (AvgIpc) is 2.83. The highest BCUT2D eigenvalue weighted by Crippen LogP contribution is 2.19. The van der Waals surface area contributed by atoms with Gasteiger partial charge in [-0.1, -0.05) is 23.7 Å². The van der Waals surface area contributed by atoms with Gasteiger partial charge in [-0.25, -0.2) is 10.2 Å². The lowest BCUT2D eigenvalue weighted by Gasteiger charge is -2.07. The molecule has 0 radical (unpaired) electrons. The molecule has 0 aliphatic heterocycles. The summed E-state index contributed by atoms with van der Waals surface area (Å²) in [6.07, 6.45) is 0. The largest absolute Gasteiger partial charge is 0.423 e. The van der Waals surface area contributed by atoms with Crippen LogP contribution < -0.4 is 21.2 Å². The normalized spacial score (nSPS) is 10.8. The van der Waals surface area contributed by atoms with Crippen molar-refractivity contribution in [2.24, 2.45) is 10.8 Å². The Bertz CT molecular complexity index is 1270. The van der Waals surface area contributed by atoms with Gasteiger partial charge in [0.05, 0.1) is 16.3 Å². The number of primary amides is 1. The van der Waals surface area contributed by atoms with E-state index in [4.69, 9.17) is 22.1 Å². The van der Waals surface area contributed by atoms with E-state index in [-0.39, 0.29) is 16.1 Å². The zero-order valence-electron chi connectivity index (χ0n) is 17.9. The standard InChI is InChI=1S/C24H19ClN4O5/c1-14(28-29-23(32)22(31)27-17-10-6-16(7-11-17)21(26)30)15-8-12-18(13-9-15)34-24(33)19-4-2-3-5-20(19)25/h2-13H,1H3,(H2,26,30)(H,27,31)(H,29,32)/b28-14+. The Labute approximate surface area is 199 Å². The molecule has 3 amide bonds. The topological polar surface area (TPSA) is 140 Å². The van der Waals surface area contributed by atoms with Crippen molar-refractivity contribution in [1.29, 1.82) is 0 Å². The number of amides is 3. The third kappa shape index (κ3) is 6.27. The number of nitrogens with zero attached hydrogens (tertiary/aromatic N) is 1. The van der Waals surface area contributed by atoms with Crippen molar-refractivity contribution in [2.45, 2.75) is 6.92 Å². The van der Waals surface area contributed by atoms with Gasteiger partial charge in [0, 0.05) is 11.3 Å². The summed E-state index contributed by atoms with van der Waals surface area (Å²) in [7, 11) is 0. The van der Waals surface area contributed by atoms with Crippen LogP contribution in [0.2, 0.25) is 5.02 Å². The molecule has 4 N–H and O–H groups in total. The van der Waals surface area contributed by atoms with E-state index in [0.717, 1.165) is 0 Å².